The number of rotatable bonds is 12. The van der Waals surface area contributed by atoms with Crippen molar-refractivity contribution in [1.29, 1.82) is 0 Å². The molecule has 0 spiro atoms. The van der Waals surface area contributed by atoms with Gasteiger partial charge in [-0.3, -0.25) is 0 Å². The minimum atomic E-state index is -1.25. The normalized spacial score (nSPS) is 11.8. The average molecular weight is 552 g/mol. The molecule has 0 radical (unpaired) electrons. The van der Waals surface area contributed by atoms with Crippen molar-refractivity contribution in [3.63, 3.8) is 0 Å². The van der Waals surface area contributed by atoms with E-state index in [2.05, 4.69) is 40.7 Å². The van der Waals surface area contributed by atoms with Gasteiger partial charge >= 0.3 is 0 Å². The van der Waals surface area contributed by atoms with E-state index in [1.165, 1.54) is 6.07 Å². The quantitative estimate of drug-likeness (QED) is 0.212. The van der Waals surface area contributed by atoms with Crippen molar-refractivity contribution in [3.05, 3.63) is 58.3 Å². The number of aliphatic hydroxyl groups is 1. The van der Waals surface area contributed by atoms with Crippen LogP contribution >= 0.6 is 15.9 Å². The summed E-state index contributed by atoms with van der Waals surface area (Å²) in [4.78, 5) is 0. The second kappa shape index (κ2) is 12.1. The summed E-state index contributed by atoms with van der Waals surface area (Å²) in [5.74, 6) is -0.277. The van der Waals surface area contributed by atoms with E-state index in [0.717, 1.165) is 6.04 Å². The molecule has 9 heteroatoms. The number of aromatic hydroxyl groups is 1. The molecule has 3 aromatic rings. The molecule has 0 aliphatic heterocycles. The lowest BCUT2D eigenvalue weighted by molar-refractivity contribution is 0.0797. The van der Waals surface area contributed by atoms with E-state index in [1.807, 2.05) is 12.1 Å². The van der Waals surface area contributed by atoms with Gasteiger partial charge in [0.2, 0.25) is 0 Å². The Labute approximate surface area is 209 Å². The summed E-state index contributed by atoms with van der Waals surface area (Å²) in [6.45, 7) is 8.29. The van der Waals surface area contributed by atoms with Crippen LogP contribution in [-0.4, -0.2) is 47.9 Å². The zero-order valence-electron chi connectivity index (χ0n) is 19.9. The third-order valence-corrected chi connectivity index (χ3v) is 7.67. The molecule has 0 bridgehead atoms. The second-order valence-electron chi connectivity index (χ2n) is 9.33. The summed E-state index contributed by atoms with van der Waals surface area (Å²) >= 11 is 3.30. The van der Waals surface area contributed by atoms with Crippen LogP contribution in [0.4, 0.5) is 4.39 Å². The monoisotopic (exact) mass is 550 g/mol. The average Bonchev–Trinajstić information content (AvgIpc) is 3.19. The molecule has 0 aliphatic carbocycles. The Balaban J connectivity index is 1.97. The van der Waals surface area contributed by atoms with Crippen LogP contribution in [0.25, 0.3) is 22.5 Å². The SMILES string of the molecule is C[Si](C)(C)CCOCn1nc(-c2ccc(Br)c(O)c2)cc1-c1c(F)cccc1COCCCO. The molecular weight excluding hydrogens is 519 g/mol. The van der Waals surface area contributed by atoms with E-state index in [-0.39, 0.29) is 31.5 Å². The van der Waals surface area contributed by atoms with Gasteiger partial charge in [-0.15, -0.1) is 0 Å². The van der Waals surface area contributed by atoms with Crippen LogP contribution in [-0.2, 0) is 22.8 Å². The van der Waals surface area contributed by atoms with Crippen molar-refractivity contribution >= 4 is 24.0 Å². The highest BCUT2D eigenvalue weighted by molar-refractivity contribution is 9.10. The maximum absolute atomic E-state index is 15.1. The largest absolute Gasteiger partial charge is 0.507 e. The lowest BCUT2D eigenvalue weighted by Crippen LogP contribution is -2.22. The van der Waals surface area contributed by atoms with Crippen LogP contribution in [0.5, 0.6) is 5.75 Å². The van der Waals surface area contributed by atoms with Crippen LogP contribution in [0.1, 0.15) is 12.0 Å². The molecule has 3 rings (SSSR count). The third kappa shape index (κ3) is 7.23. The van der Waals surface area contributed by atoms with Crippen LogP contribution < -0.4 is 0 Å². The Bertz CT molecular complexity index is 1100. The van der Waals surface area contributed by atoms with Gasteiger partial charge in [0.15, 0.2) is 0 Å². The van der Waals surface area contributed by atoms with Gasteiger partial charge in [0.1, 0.15) is 18.3 Å². The van der Waals surface area contributed by atoms with E-state index in [1.54, 1.807) is 28.9 Å². The Morgan fingerprint density at radius 1 is 1.09 bits per heavy atom. The number of phenols is 1. The maximum atomic E-state index is 15.1. The molecule has 34 heavy (non-hydrogen) atoms. The van der Waals surface area contributed by atoms with Crippen LogP contribution in [0.3, 0.4) is 0 Å². The van der Waals surface area contributed by atoms with Gasteiger partial charge in [-0.05, 0) is 58.2 Å². The molecule has 0 atom stereocenters. The highest BCUT2D eigenvalue weighted by Gasteiger charge is 2.20. The summed E-state index contributed by atoms with van der Waals surface area (Å²) in [6.07, 6.45) is 0.519. The predicted octanol–water partition coefficient (Wildman–Crippen LogP) is 6.04. The van der Waals surface area contributed by atoms with Crippen LogP contribution in [0.2, 0.25) is 25.7 Å². The molecular formula is C25H32BrFN2O4Si. The first-order valence-corrected chi connectivity index (χ1v) is 15.8. The van der Waals surface area contributed by atoms with Crippen LogP contribution in [0.15, 0.2) is 46.9 Å². The molecule has 1 aromatic heterocycles. The molecule has 6 nitrogen and oxygen atoms in total. The zero-order chi connectivity index (χ0) is 24.7. The number of hydrogen-bond acceptors (Lipinski definition) is 5. The summed E-state index contributed by atoms with van der Waals surface area (Å²) < 4.78 is 29.0. The van der Waals surface area contributed by atoms with Crippen molar-refractivity contribution in [2.24, 2.45) is 0 Å². The minimum absolute atomic E-state index is 0.0426. The Morgan fingerprint density at radius 3 is 2.59 bits per heavy atom. The number of hydrogen-bond donors (Lipinski definition) is 2. The molecule has 0 unspecified atom stereocenters. The first-order chi connectivity index (χ1) is 16.2. The Kier molecular flexibility index (Phi) is 9.44. The molecule has 2 aromatic carbocycles. The van der Waals surface area contributed by atoms with Gasteiger partial charge in [-0.1, -0.05) is 37.8 Å². The summed E-state index contributed by atoms with van der Waals surface area (Å²) in [6, 6.07) is 12.9. The number of phenolic OH excluding ortho intramolecular Hbond substituents is 1. The fraction of sp³-hybridized carbons (Fsp3) is 0.400. The molecule has 0 fully saturated rings. The third-order valence-electron chi connectivity index (χ3n) is 5.29. The zero-order valence-corrected chi connectivity index (χ0v) is 22.4. The van der Waals surface area contributed by atoms with E-state index < -0.39 is 8.07 Å². The van der Waals surface area contributed by atoms with Crippen molar-refractivity contribution in [2.75, 3.05) is 19.8 Å². The minimum Gasteiger partial charge on any atom is -0.507 e. The van der Waals surface area contributed by atoms with Gasteiger partial charge in [-0.2, -0.15) is 5.10 Å². The Morgan fingerprint density at radius 2 is 1.88 bits per heavy atom. The molecule has 0 aliphatic rings. The summed E-state index contributed by atoms with van der Waals surface area (Å²) in [5, 5.41) is 23.8. The van der Waals surface area contributed by atoms with Crippen molar-refractivity contribution < 1.29 is 24.1 Å². The summed E-state index contributed by atoms with van der Waals surface area (Å²) in [5.41, 5.74) is 2.97. The number of halogens is 2. The molecule has 1 heterocycles. The number of aliphatic hydroxyl groups excluding tert-OH is 1. The fourth-order valence-electron chi connectivity index (χ4n) is 3.38. The van der Waals surface area contributed by atoms with E-state index >= 15 is 4.39 Å². The van der Waals surface area contributed by atoms with Gasteiger partial charge in [0.05, 0.1) is 22.5 Å². The molecule has 184 valence electrons. The highest BCUT2D eigenvalue weighted by Crippen LogP contribution is 2.34. The van der Waals surface area contributed by atoms with Crippen LogP contribution in [0, 0.1) is 5.82 Å². The van der Waals surface area contributed by atoms with E-state index in [9.17, 15) is 5.11 Å². The van der Waals surface area contributed by atoms with Crippen molar-refractivity contribution in [2.45, 2.75) is 45.4 Å². The molecule has 0 saturated heterocycles. The highest BCUT2D eigenvalue weighted by atomic mass is 79.9. The number of benzene rings is 2. The molecule has 2 N–H and O–H groups in total. The number of aromatic nitrogens is 2. The number of nitrogens with zero attached hydrogens (tertiary/aromatic N) is 2. The lowest BCUT2D eigenvalue weighted by Gasteiger charge is -2.16. The summed E-state index contributed by atoms with van der Waals surface area (Å²) in [7, 11) is -1.25. The van der Waals surface area contributed by atoms with Gasteiger partial charge in [-0.25, -0.2) is 9.07 Å². The van der Waals surface area contributed by atoms with Gasteiger partial charge in [0, 0.05) is 39.0 Å². The predicted molar refractivity (Wildman–Crippen MR) is 138 cm³/mol. The maximum Gasteiger partial charge on any atom is 0.140 e. The fourth-order valence-corrected chi connectivity index (χ4v) is 4.39. The van der Waals surface area contributed by atoms with Crippen molar-refractivity contribution in [1.82, 2.24) is 9.78 Å². The first-order valence-electron chi connectivity index (χ1n) is 11.3. The standard InChI is InChI=1S/C25H32BrFN2O4Si/c1-34(2,3)13-12-33-17-29-23(15-22(28-29)18-8-9-20(26)24(31)14-18)25-19(6-4-7-21(25)27)16-32-11-5-10-30/h4,6-9,14-15,30-31H,5,10-13,16-17H2,1-3H3. The van der Waals surface area contributed by atoms with Gasteiger partial charge < -0.3 is 19.7 Å². The lowest BCUT2D eigenvalue weighted by atomic mass is 10.0. The first kappa shape index (κ1) is 26.6. The second-order valence-corrected chi connectivity index (χ2v) is 15.8. The number of ether oxygens (including phenoxy) is 2. The molecule has 0 saturated carbocycles. The topological polar surface area (TPSA) is 76.7 Å². The smallest absolute Gasteiger partial charge is 0.140 e. The van der Waals surface area contributed by atoms with Crippen molar-refractivity contribution in [3.8, 4) is 28.3 Å². The molecule has 0 amide bonds. The van der Waals surface area contributed by atoms with E-state index in [4.69, 9.17) is 14.6 Å². The Hall–Kier alpha value is -2.04. The van der Waals surface area contributed by atoms with E-state index in [0.29, 0.717) is 52.2 Å². The van der Waals surface area contributed by atoms with Gasteiger partial charge in [0.25, 0.3) is 0 Å².